The third-order valence-corrected chi connectivity index (χ3v) is 2.42. The molecule has 1 aromatic rings. The standard InChI is InChI=1S/C14H14ClNO4/c1-3-19-14(18)9-8-13(16-20-10(2)17)11-6-4-5-7-12(11)15/h4-9H,3H2,1-2H3/b9-8+,16-13+. The zero-order valence-corrected chi connectivity index (χ0v) is 11.9. The summed E-state index contributed by atoms with van der Waals surface area (Å²) in [6.07, 6.45) is 2.57. The smallest absolute Gasteiger partial charge is 0.332 e. The molecule has 1 aromatic carbocycles. The van der Waals surface area contributed by atoms with E-state index in [9.17, 15) is 9.59 Å². The lowest BCUT2D eigenvalue weighted by atomic mass is 10.1. The molecule has 0 N–H and O–H groups in total. The molecule has 0 saturated carbocycles. The topological polar surface area (TPSA) is 65.0 Å². The predicted molar refractivity (Wildman–Crippen MR) is 75.5 cm³/mol. The van der Waals surface area contributed by atoms with Crippen LogP contribution in [0.15, 0.2) is 41.6 Å². The Morgan fingerprint density at radius 3 is 2.60 bits per heavy atom. The summed E-state index contributed by atoms with van der Waals surface area (Å²) in [4.78, 5) is 26.7. The van der Waals surface area contributed by atoms with E-state index < -0.39 is 11.9 Å². The fraction of sp³-hybridized carbons (Fsp3) is 0.214. The fourth-order valence-corrected chi connectivity index (χ4v) is 1.52. The van der Waals surface area contributed by atoms with E-state index in [2.05, 4.69) is 9.99 Å². The monoisotopic (exact) mass is 295 g/mol. The van der Waals surface area contributed by atoms with Crippen LogP contribution in [0.2, 0.25) is 5.02 Å². The number of oxime groups is 1. The van der Waals surface area contributed by atoms with Gasteiger partial charge in [-0.2, -0.15) is 0 Å². The molecule has 0 saturated heterocycles. The van der Waals surface area contributed by atoms with E-state index in [0.29, 0.717) is 10.6 Å². The molecular formula is C14H14ClNO4. The normalized spacial score (nSPS) is 11.4. The second-order valence-corrected chi connectivity index (χ2v) is 4.03. The maximum atomic E-state index is 11.3. The van der Waals surface area contributed by atoms with Gasteiger partial charge in [-0.3, -0.25) is 0 Å². The average molecular weight is 296 g/mol. The van der Waals surface area contributed by atoms with Crippen LogP contribution in [-0.2, 0) is 19.2 Å². The van der Waals surface area contributed by atoms with E-state index in [4.69, 9.17) is 16.3 Å². The second kappa shape index (κ2) is 8.12. The van der Waals surface area contributed by atoms with E-state index in [0.717, 1.165) is 0 Å². The van der Waals surface area contributed by atoms with Crippen LogP contribution in [0, 0.1) is 0 Å². The molecule has 106 valence electrons. The van der Waals surface area contributed by atoms with Crippen molar-refractivity contribution < 1.29 is 19.2 Å². The van der Waals surface area contributed by atoms with Crippen molar-refractivity contribution in [2.24, 2.45) is 5.16 Å². The van der Waals surface area contributed by atoms with Gasteiger partial charge in [-0.25, -0.2) is 9.59 Å². The summed E-state index contributed by atoms with van der Waals surface area (Å²) in [5, 5.41) is 4.10. The van der Waals surface area contributed by atoms with Crippen molar-refractivity contribution in [2.75, 3.05) is 6.61 Å². The van der Waals surface area contributed by atoms with Gasteiger partial charge in [0.1, 0.15) is 5.71 Å². The summed E-state index contributed by atoms with van der Waals surface area (Å²) in [5.74, 6) is -1.09. The molecule has 0 radical (unpaired) electrons. The first-order valence-electron chi connectivity index (χ1n) is 5.90. The molecule has 0 amide bonds. The Morgan fingerprint density at radius 2 is 2.00 bits per heavy atom. The Labute approximate surface area is 121 Å². The van der Waals surface area contributed by atoms with E-state index >= 15 is 0 Å². The highest BCUT2D eigenvalue weighted by Gasteiger charge is 2.07. The Morgan fingerprint density at radius 1 is 1.30 bits per heavy atom. The molecule has 0 aliphatic rings. The number of carbonyl (C=O) groups excluding carboxylic acids is 2. The van der Waals surface area contributed by atoms with Crippen molar-refractivity contribution in [3.05, 3.63) is 47.0 Å². The Bertz CT molecular complexity index is 552. The van der Waals surface area contributed by atoms with Crippen LogP contribution in [0.4, 0.5) is 0 Å². The molecule has 6 heteroatoms. The van der Waals surface area contributed by atoms with Gasteiger partial charge in [-0.05, 0) is 19.1 Å². The van der Waals surface area contributed by atoms with Crippen molar-refractivity contribution in [1.29, 1.82) is 0 Å². The summed E-state index contributed by atoms with van der Waals surface area (Å²) in [6, 6.07) is 6.87. The van der Waals surface area contributed by atoms with Crippen molar-refractivity contribution >= 4 is 29.3 Å². The minimum atomic E-state index is -0.570. The van der Waals surface area contributed by atoms with Gasteiger partial charge in [0.2, 0.25) is 0 Å². The molecule has 0 heterocycles. The number of hydrogen-bond acceptors (Lipinski definition) is 5. The molecule has 0 aliphatic carbocycles. The number of allylic oxidation sites excluding steroid dienone is 1. The van der Waals surface area contributed by atoms with E-state index in [1.54, 1.807) is 31.2 Å². The molecule has 0 fully saturated rings. The number of rotatable bonds is 5. The van der Waals surface area contributed by atoms with Gasteiger partial charge in [-0.15, -0.1) is 0 Å². The summed E-state index contributed by atoms with van der Waals surface area (Å²) < 4.78 is 4.76. The fourth-order valence-electron chi connectivity index (χ4n) is 1.29. The predicted octanol–water partition coefficient (Wildman–Crippen LogP) is 2.73. The number of ether oxygens (including phenoxy) is 1. The molecule has 0 aromatic heterocycles. The molecule has 0 atom stereocenters. The molecule has 0 spiro atoms. The zero-order chi connectivity index (χ0) is 15.0. The highest BCUT2D eigenvalue weighted by molar-refractivity contribution is 6.35. The summed E-state index contributed by atoms with van der Waals surface area (Å²) in [5.41, 5.74) is 0.787. The lowest BCUT2D eigenvalue weighted by Crippen LogP contribution is -2.05. The second-order valence-electron chi connectivity index (χ2n) is 3.62. The molecule has 1 rings (SSSR count). The number of halogens is 1. The van der Waals surface area contributed by atoms with Gasteiger partial charge in [-0.1, -0.05) is 35.0 Å². The zero-order valence-electron chi connectivity index (χ0n) is 11.1. The lowest BCUT2D eigenvalue weighted by Gasteiger charge is -2.03. The number of hydrogen-bond donors (Lipinski definition) is 0. The lowest BCUT2D eigenvalue weighted by molar-refractivity contribution is -0.141. The average Bonchev–Trinajstić information content (AvgIpc) is 2.40. The SMILES string of the molecule is CCOC(=O)/C=C/C(=N\OC(C)=O)c1ccccc1Cl. The van der Waals surface area contributed by atoms with Crippen LogP contribution in [0.1, 0.15) is 19.4 Å². The number of carbonyl (C=O) groups is 2. The van der Waals surface area contributed by atoms with Crippen LogP contribution in [0.5, 0.6) is 0 Å². The molecular weight excluding hydrogens is 282 g/mol. The quantitative estimate of drug-likeness (QED) is 0.275. The third-order valence-electron chi connectivity index (χ3n) is 2.09. The van der Waals surface area contributed by atoms with Gasteiger partial charge in [0.15, 0.2) is 0 Å². The van der Waals surface area contributed by atoms with Gasteiger partial charge >= 0.3 is 11.9 Å². The Hall–Kier alpha value is -2.14. The molecule has 0 unspecified atom stereocenters. The van der Waals surface area contributed by atoms with Crippen LogP contribution >= 0.6 is 11.6 Å². The molecule has 0 aliphatic heterocycles. The Balaban J connectivity index is 3.04. The van der Waals surface area contributed by atoms with Crippen LogP contribution in [-0.4, -0.2) is 24.3 Å². The Kier molecular flexibility index (Phi) is 6.46. The van der Waals surface area contributed by atoms with Gasteiger partial charge in [0.05, 0.1) is 11.6 Å². The van der Waals surface area contributed by atoms with Gasteiger partial charge in [0.25, 0.3) is 0 Å². The maximum Gasteiger partial charge on any atom is 0.332 e. The molecule has 20 heavy (non-hydrogen) atoms. The highest BCUT2D eigenvalue weighted by atomic mass is 35.5. The van der Waals surface area contributed by atoms with Crippen molar-refractivity contribution in [1.82, 2.24) is 0 Å². The molecule has 5 nitrogen and oxygen atoms in total. The van der Waals surface area contributed by atoms with Crippen LogP contribution in [0.25, 0.3) is 0 Å². The number of benzene rings is 1. The number of nitrogens with zero attached hydrogens (tertiary/aromatic N) is 1. The highest BCUT2D eigenvalue weighted by Crippen LogP contribution is 2.16. The van der Waals surface area contributed by atoms with Crippen molar-refractivity contribution in [2.45, 2.75) is 13.8 Å². The summed E-state index contributed by atoms with van der Waals surface area (Å²) >= 11 is 6.04. The van der Waals surface area contributed by atoms with E-state index in [-0.39, 0.29) is 12.3 Å². The first kappa shape index (κ1) is 15.9. The first-order chi connectivity index (χ1) is 9.54. The minimum absolute atomic E-state index is 0.249. The van der Waals surface area contributed by atoms with Gasteiger partial charge < -0.3 is 9.57 Å². The van der Waals surface area contributed by atoms with Gasteiger partial charge in [0, 0.05) is 18.6 Å². The molecule has 0 bridgehead atoms. The maximum absolute atomic E-state index is 11.3. The van der Waals surface area contributed by atoms with E-state index in [1.165, 1.54) is 19.1 Å². The largest absolute Gasteiger partial charge is 0.463 e. The summed E-state index contributed by atoms with van der Waals surface area (Å²) in [6.45, 7) is 3.20. The van der Waals surface area contributed by atoms with E-state index in [1.807, 2.05) is 0 Å². The first-order valence-corrected chi connectivity index (χ1v) is 6.27. The van der Waals surface area contributed by atoms with Crippen LogP contribution < -0.4 is 0 Å². The van der Waals surface area contributed by atoms with Crippen molar-refractivity contribution in [3.8, 4) is 0 Å². The summed E-state index contributed by atoms with van der Waals surface area (Å²) in [7, 11) is 0. The minimum Gasteiger partial charge on any atom is -0.463 e. The third kappa shape index (κ3) is 5.24. The number of esters is 1. The van der Waals surface area contributed by atoms with Crippen LogP contribution in [0.3, 0.4) is 0 Å². The van der Waals surface area contributed by atoms with Crippen molar-refractivity contribution in [3.63, 3.8) is 0 Å².